The fourth-order valence-electron chi connectivity index (χ4n) is 3.72. The molecule has 1 fully saturated rings. The van der Waals surface area contributed by atoms with Gasteiger partial charge in [0.2, 0.25) is 5.91 Å². The van der Waals surface area contributed by atoms with Crippen molar-refractivity contribution in [2.75, 3.05) is 0 Å². The number of imidazole rings is 1. The van der Waals surface area contributed by atoms with Gasteiger partial charge in [-0.3, -0.25) is 9.59 Å². The molecule has 2 aromatic heterocycles. The number of nitrogens with zero attached hydrogens (tertiary/aromatic N) is 2. The minimum atomic E-state index is -0.609. The molecule has 1 aromatic carbocycles. The van der Waals surface area contributed by atoms with Gasteiger partial charge in [-0.1, -0.05) is 43.2 Å². The lowest BCUT2D eigenvalue weighted by Crippen LogP contribution is -2.48. The van der Waals surface area contributed by atoms with Crippen molar-refractivity contribution in [1.82, 2.24) is 25.3 Å². The number of aromatic nitrogens is 4. The van der Waals surface area contributed by atoms with Crippen molar-refractivity contribution in [1.29, 1.82) is 0 Å². The number of thiol groups is 1. The maximum absolute atomic E-state index is 12.9. The Morgan fingerprint density at radius 2 is 2.00 bits per heavy atom. The summed E-state index contributed by atoms with van der Waals surface area (Å²) in [6.45, 7) is 0. The molecule has 0 unspecified atom stereocenters. The van der Waals surface area contributed by atoms with Crippen molar-refractivity contribution < 1.29 is 4.79 Å². The average Bonchev–Trinajstić information content (AvgIpc) is 3.31. The SMILES string of the molecule is O=C(NC1(c2nc3nc[nH]c(=O)c3[nH]2)CCCC1)[C@@H](S)Cc1ccccc1. The van der Waals surface area contributed by atoms with Gasteiger partial charge in [0.15, 0.2) is 11.2 Å². The third-order valence-electron chi connectivity index (χ3n) is 5.14. The molecule has 27 heavy (non-hydrogen) atoms. The van der Waals surface area contributed by atoms with E-state index in [0.717, 1.165) is 31.2 Å². The number of H-pyrrole nitrogens is 2. The highest BCUT2D eigenvalue weighted by Crippen LogP contribution is 2.38. The Bertz CT molecular complexity index is 1010. The second-order valence-electron chi connectivity index (χ2n) is 7.00. The number of benzene rings is 1. The van der Waals surface area contributed by atoms with Crippen molar-refractivity contribution in [3.05, 3.63) is 58.4 Å². The second-order valence-corrected chi connectivity index (χ2v) is 7.62. The van der Waals surface area contributed by atoms with Crippen LogP contribution >= 0.6 is 12.6 Å². The lowest BCUT2D eigenvalue weighted by Gasteiger charge is -2.29. The highest BCUT2D eigenvalue weighted by atomic mass is 32.1. The standard InChI is InChI=1S/C19H21N5O2S/c25-16(13(27)10-12-6-2-1-3-7-12)24-19(8-4-5-9-19)18-22-14-15(23-18)20-11-21-17(14)26/h1-3,6-7,11,13,27H,4-5,8-10H2,(H,24,25)(H2,20,21,22,23,26)/t13-/m0/s1. The number of hydrogen-bond acceptors (Lipinski definition) is 5. The molecule has 7 nitrogen and oxygen atoms in total. The van der Waals surface area contributed by atoms with Gasteiger partial charge in [-0.2, -0.15) is 12.6 Å². The first-order valence-electron chi connectivity index (χ1n) is 9.05. The fraction of sp³-hybridized carbons (Fsp3) is 0.368. The van der Waals surface area contributed by atoms with E-state index in [1.807, 2.05) is 30.3 Å². The Kier molecular flexibility index (Phi) is 4.73. The second kappa shape index (κ2) is 7.19. The molecule has 0 saturated heterocycles. The van der Waals surface area contributed by atoms with Crippen LogP contribution in [-0.4, -0.2) is 31.1 Å². The van der Waals surface area contributed by atoms with E-state index in [0.29, 0.717) is 23.4 Å². The maximum Gasteiger partial charge on any atom is 0.276 e. The zero-order valence-corrected chi connectivity index (χ0v) is 15.6. The van der Waals surface area contributed by atoms with Crippen LogP contribution in [0.2, 0.25) is 0 Å². The molecular formula is C19H21N5O2S. The van der Waals surface area contributed by atoms with Gasteiger partial charge >= 0.3 is 0 Å². The smallest absolute Gasteiger partial charge is 0.276 e. The van der Waals surface area contributed by atoms with Crippen LogP contribution in [0.5, 0.6) is 0 Å². The van der Waals surface area contributed by atoms with Gasteiger partial charge in [0.25, 0.3) is 5.56 Å². The minimum absolute atomic E-state index is 0.133. The van der Waals surface area contributed by atoms with Crippen LogP contribution in [0.15, 0.2) is 41.5 Å². The van der Waals surface area contributed by atoms with E-state index in [1.165, 1.54) is 6.33 Å². The molecule has 1 saturated carbocycles. The third kappa shape index (κ3) is 3.49. The summed E-state index contributed by atoms with van der Waals surface area (Å²) in [4.78, 5) is 39.1. The predicted octanol–water partition coefficient (Wildman–Crippen LogP) is 2.07. The zero-order valence-electron chi connectivity index (χ0n) is 14.7. The molecule has 3 aromatic rings. The van der Waals surface area contributed by atoms with Gasteiger partial charge in [-0.05, 0) is 24.8 Å². The molecule has 2 heterocycles. The van der Waals surface area contributed by atoms with E-state index in [-0.39, 0.29) is 11.5 Å². The molecule has 4 rings (SSSR count). The van der Waals surface area contributed by atoms with Crippen LogP contribution < -0.4 is 10.9 Å². The Morgan fingerprint density at radius 1 is 1.26 bits per heavy atom. The molecule has 0 radical (unpaired) electrons. The van der Waals surface area contributed by atoms with Gasteiger partial charge < -0.3 is 15.3 Å². The number of rotatable bonds is 5. The zero-order chi connectivity index (χ0) is 18.9. The summed E-state index contributed by atoms with van der Waals surface area (Å²) in [7, 11) is 0. The summed E-state index contributed by atoms with van der Waals surface area (Å²) < 4.78 is 0. The number of hydrogen-bond donors (Lipinski definition) is 4. The molecule has 0 aliphatic heterocycles. The summed E-state index contributed by atoms with van der Waals surface area (Å²) >= 11 is 4.52. The molecule has 1 atom stereocenters. The number of amides is 1. The highest BCUT2D eigenvalue weighted by molar-refractivity contribution is 7.81. The number of carbonyl (C=O) groups excluding carboxylic acids is 1. The normalized spacial score (nSPS) is 17.1. The van der Waals surface area contributed by atoms with Crippen molar-refractivity contribution in [3.63, 3.8) is 0 Å². The topological polar surface area (TPSA) is 104 Å². The number of carbonyl (C=O) groups is 1. The maximum atomic E-state index is 12.9. The number of nitrogens with one attached hydrogen (secondary N) is 3. The molecule has 1 aliphatic rings. The molecule has 8 heteroatoms. The van der Waals surface area contributed by atoms with Crippen molar-refractivity contribution in [3.8, 4) is 0 Å². The van der Waals surface area contributed by atoms with Gasteiger partial charge in [0.05, 0.1) is 17.1 Å². The largest absolute Gasteiger partial charge is 0.342 e. The Morgan fingerprint density at radius 3 is 2.70 bits per heavy atom. The first-order chi connectivity index (χ1) is 13.1. The predicted molar refractivity (Wildman–Crippen MR) is 106 cm³/mol. The van der Waals surface area contributed by atoms with Crippen molar-refractivity contribution >= 4 is 29.7 Å². The van der Waals surface area contributed by atoms with Crippen LogP contribution in [0, 0.1) is 0 Å². The summed E-state index contributed by atoms with van der Waals surface area (Å²) in [5.41, 5.74) is 0.879. The Labute approximate surface area is 161 Å². The molecular weight excluding hydrogens is 362 g/mol. The van der Waals surface area contributed by atoms with Crippen LogP contribution in [0.1, 0.15) is 37.1 Å². The van der Waals surface area contributed by atoms with E-state index in [9.17, 15) is 9.59 Å². The Hall–Kier alpha value is -2.61. The lowest BCUT2D eigenvalue weighted by atomic mass is 9.96. The lowest BCUT2D eigenvalue weighted by molar-refractivity contribution is -0.122. The first-order valence-corrected chi connectivity index (χ1v) is 9.57. The van der Waals surface area contributed by atoms with Gasteiger partial charge in [0, 0.05) is 0 Å². The fourth-order valence-corrected chi connectivity index (χ4v) is 3.99. The van der Waals surface area contributed by atoms with E-state index >= 15 is 0 Å². The number of fused-ring (bicyclic) bond motifs is 1. The molecule has 0 spiro atoms. The molecule has 1 amide bonds. The van der Waals surface area contributed by atoms with E-state index in [4.69, 9.17) is 0 Å². The summed E-state index contributed by atoms with van der Waals surface area (Å²) in [6.07, 6.45) is 5.38. The summed E-state index contributed by atoms with van der Waals surface area (Å²) in [6, 6.07) is 9.82. The van der Waals surface area contributed by atoms with Gasteiger partial charge in [0.1, 0.15) is 5.82 Å². The molecule has 3 N–H and O–H groups in total. The van der Waals surface area contributed by atoms with E-state index in [1.54, 1.807) is 0 Å². The van der Waals surface area contributed by atoms with Crippen LogP contribution in [0.4, 0.5) is 0 Å². The van der Waals surface area contributed by atoms with Crippen LogP contribution in [-0.2, 0) is 16.8 Å². The monoisotopic (exact) mass is 383 g/mol. The van der Waals surface area contributed by atoms with Crippen molar-refractivity contribution in [2.45, 2.75) is 42.9 Å². The molecule has 1 aliphatic carbocycles. The summed E-state index contributed by atoms with van der Waals surface area (Å²) in [5.74, 6) is 0.458. The molecule has 0 bridgehead atoms. The quantitative estimate of drug-likeness (QED) is 0.506. The Balaban J connectivity index is 1.59. The van der Waals surface area contributed by atoms with Crippen LogP contribution in [0.25, 0.3) is 11.2 Å². The average molecular weight is 383 g/mol. The third-order valence-corrected chi connectivity index (χ3v) is 5.56. The van der Waals surface area contributed by atoms with Gasteiger partial charge in [-0.25, -0.2) is 9.97 Å². The number of aromatic amines is 2. The minimum Gasteiger partial charge on any atom is -0.342 e. The van der Waals surface area contributed by atoms with Gasteiger partial charge in [-0.15, -0.1) is 0 Å². The first kappa shape index (κ1) is 17.8. The van der Waals surface area contributed by atoms with E-state index < -0.39 is 10.8 Å². The van der Waals surface area contributed by atoms with Crippen LogP contribution in [0.3, 0.4) is 0 Å². The van der Waals surface area contributed by atoms with Crippen molar-refractivity contribution in [2.24, 2.45) is 0 Å². The van der Waals surface area contributed by atoms with E-state index in [2.05, 4.69) is 37.9 Å². The molecule has 140 valence electrons. The summed E-state index contributed by atoms with van der Waals surface area (Å²) in [5, 5.41) is 2.70. The highest BCUT2D eigenvalue weighted by Gasteiger charge is 2.41.